The molecule has 25 heavy (non-hydrogen) atoms. The van der Waals surface area contributed by atoms with E-state index in [0.717, 1.165) is 37.2 Å². The molecule has 0 aliphatic carbocycles. The third-order valence-corrected chi connectivity index (χ3v) is 5.95. The smallest absolute Gasteiger partial charge is 0.188 e. The number of nitrogens with zero attached hydrogens (tertiary/aromatic N) is 3. The number of anilines is 1. The monoisotopic (exact) mass is 407 g/mol. The molecule has 6 heteroatoms. The van der Waals surface area contributed by atoms with E-state index in [1.54, 1.807) is 0 Å². The lowest BCUT2D eigenvalue weighted by molar-refractivity contribution is 0.267. The van der Waals surface area contributed by atoms with Crippen molar-refractivity contribution in [3.05, 3.63) is 28.7 Å². The number of hydrogen-bond donors (Lipinski definition) is 2. The maximum atomic E-state index is 6.08. The number of aliphatic imine (C=N–C) groups is 1. The van der Waals surface area contributed by atoms with E-state index < -0.39 is 0 Å². The Morgan fingerprint density at radius 3 is 2.84 bits per heavy atom. The molecule has 3 rings (SSSR count). The lowest BCUT2D eigenvalue weighted by Crippen LogP contribution is -2.42. The van der Waals surface area contributed by atoms with Gasteiger partial charge in [-0.2, -0.15) is 0 Å². The Labute approximate surface area is 159 Å². The first kappa shape index (κ1) is 18.5. The number of likely N-dealkylation sites (tertiary alicyclic amines) is 1. The van der Waals surface area contributed by atoms with Gasteiger partial charge in [0.15, 0.2) is 5.96 Å². The van der Waals surface area contributed by atoms with Crippen molar-refractivity contribution in [1.29, 1.82) is 0 Å². The van der Waals surface area contributed by atoms with Gasteiger partial charge in [0, 0.05) is 42.4 Å². The fourth-order valence-corrected chi connectivity index (χ4v) is 4.18. The highest BCUT2D eigenvalue weighted by atomic mass is 79.9. The Bertz CT molecular complexity index is 574. The lowest BCUT2D eigenvalue weighted by Gasteiger charge is -2.23. The number of nitrogens with two attached hydrogens (primary N) is 1. The Kier molecular flexibility index (Phi) is 6.59. The molecule has 2 unspecified atom stereocenters. The van der Waals surface area contributed by atoms with Crippen molar-refractivity contribution in [3.63, 3.8) is 0 Å². The van der Waals surface area contributed by atoms with Gasteiger partial charge in [-0.05, 0) is 62.5 Å². The fourth-order valence-electron chi connectivity index (χ4n) is 3.92. The minimum atomic E-state index is 0.586. The number of hydrogen-bond acceptors (Lipinski definition) is 3. The summed E-state index contributed by atoms with van der Waals surface area (Å²) in [5.74, 6) is 1.19. The average Bonchev–Trinajstić information content (AvgIpc) is 3.27. The first-order valence-electron chi connectivity index (χ1n) is 9.44. The van der Waals surface area contributed by atoms with Gasteiger partial charge < -0.3 is 16.0 Å². The van der Waals surface area contributed by atoms with Crippen LogP contribution in [0.2, 0.25) is 0 Å². The molecule has 2 fully saturated rings. The van der Waals surface area contributed by atoms with Gasteiger partial charge >= 0.3 is 0 Å². The van der Waals surface area contributed by atoms with Gasteiger partial charge in [-0.1, -0.05) is 22.9 Å². The maximum Gasteiger partial charge on any atom is 0.188 e. The third kappa shape index (κ3) is 5.11. The summed E-state index contributed by atoms with van der Waals surface area (Å²) in [6.07, 6.45) is 3.74. The highest BCUT2D eigenvalue weighted by Crippen LogP contribution is 2.25. The largest absolute Gasteiger partial charge is 0.371 e. The van der Waals surface area contributed by atoms with Crippen molar-refractivity contribution < 1.29 is 0 Å². The quantitative estimate of drug-likeness (QED) is 0.562. The van der Waals surface area contributed by atoms with Crippen LogP contribution in [0.25, 0.3) is 0 Å². The van der Waals surface area contributed by atoms with Crippen LogP contribution in [0.3, 0.4) is 0 Å². The standard InChI is InChI=1S/C19H30BrN5/c1-2-24-10-3-4-18(24)13-23-19(21)22-12-15-9-11-25(14-15)17-7-5-16(20)6-8-17/h5-8,15,18H,2-4,9-14H2,1H3,(H3,21,22,23). The Hall–Kier alpha value is -1.27. The summed E-state index contributed by atoms with van der Waals surface area (Å²) in [6, 6.07) is 9.16. The van der Waals surface area contributed by atoms with Crippen LogP contribution >= 0.6 is 15.9 Å². The van der Waals surface area contributed by atoms with Crippen LogP contribution in [0.1, 0.15) is 26.2 Å². The number of guanidine groups is 1. The molecule has 2 saturated heterocycles. The molecule has 0 spiro atoms. The molecule has 2 aliphatic heterocycles. The summed E-state index contributed by atoms with van der Waals surface area (Å²) >= 11 is 3.49. The SMILES string of the molecule is CCN1CCCC1CNC(N)=NCC1CCN(c2ccc(Br)cc2)C1. The van der Waals surface area contributed by atoms with E-state index in [4.69, 9.17) is 5.73 Å². The second-order valence-corrected chi connectivity index (χ2v) is 8.02. The van der Waals surface area contributed by atoms with Crippen LogP contribution in [0.4, 0.5) is 5.69 Å². The molecular weight excluding hydrogens is 378 g/mol. The van der Waals surface area contributed by atoms with Crippen LogP contribution in [0.15, 0.2) is 33.7 Å². The molecule has 138 valence electrons. The summed E-state index contributed by atoms with van der Waals surface area (Å²) in [7, 11) is 0. The topological polar surface area (TPSA) is 56.9 Å². The van der Waals surface area contributed by atoms with Crippen molar-refractivity contribution in [3.8, 4) is 0 Å². The first-order valence-corrected chi connectivity index (χ1v) is 10.2. The predicted molar refractivity (Wildman–Crippen MR) is 109 cm³/mol. The summed E-state index contributed by atoms with van der Waals surface area (Å²) < 4.78 is 1.12. The molecule has 0 radical (unpaired) electrons. The molecule has 0 saturated carbocycles. The van der Waals surface area contributed by atoms with Gasteiger partial charge in [0.2, 0.25) is 0 Å². The summed E-state index contributed by atoms with van der Waals surface area (Å²) in [5, 5.41) is 3.33. The Morgan fingerprint density at radius 1 is 1.28 bits per heavy atom. The number of likely N-dealkylation sites (N-methyl/N-ethyl adjacent to an activating group) is 1. The number of benzene rings is 1. The molecule has 0 aromatic heterocycles. The van der Waals surface area contributed by atoms with E-state index in [0.29, 0.717) is 17.9 Å². The highest BCUT2D eigenvalue weighted by molar-refractivity contribution is 9.10. The average molecular weight is 408 g/mol. The van der Waals surface area contributed by atoms with Crippen molar-refractivity contribution >= 4 is 27.6 Å². The van der Waals surface area contributed by atoms with Crippen molar-refractivity contribution in [1.82, 2.24) is 10.2 Å². The Morgan fingerprint density at radius 2 is 2.08 bits per heavy atom. The molecule has 0 amide bonds. The fraction of sp³-hybridized carbons (Fsp3) is 0.632. The van der Waals surface area contributed by atoms with E-state index in [2.05, 4.69) is 67.2 Å². The molecule has 1 aromatic carbocycles. The molecule has 2 heterocycles. The van der Waals surface area contributed by atoms with Gasteiger partial charge in [-0.15, -0.1) is 0 Å². The molecular formula is C19H30BrN5. The van der Waals surface area contributed by atoms with Crippen LogP contribution in [-0.2, 0) is 0 Å². The zero-order valence-electron chi connectivity index (χ0n) is 15.1. The van der Waals surface area contributed by atoms with E-state index in [-0.39, 0.29) is 0 Å². The summed E-state index contributed by atoms with van der Waals surface area (Å²) in [6.45, 7) is 8.46. The van der Waals surface area contributed by atoms with Crippen LogP contribution in [0.5, 0.6) is 0 Å². The van der Waals surface area contributed by atoms with Gasteiger partial charge in [-0.25, -0.2) is 0 Å². The normalized spacial score (nSPS) is 24.9. The van der Waals surface area contributed by atoms with Crippen molar-refractivity contribution in [2.45, 2.75) is 32.2 Å². The highest BCUT2D eigenvalue weighted by Gasteiger charge is 2.24. The number of rotatable bonds is 6. The van der Waals surface area contributed by atoms with E-state index in [9.17, 15) is 0 Å². The molecule has 2 atom stereocenters. The van der Waals surface area contributed by atoms with Gasteiger partial charge in [-0.3, -0.25) is 9.89 Å². The molecule has 5 nitrogen and oxygen atoms in total. The predicted octanol–water partition coefficient (Wildman–Crippen LogP) is 2.66. The third-order valence-electron chi connectivity index (χ3n) is 5.42. The van der Waals surface area contributed by atoms with Gasteiger partial charge in [0.1, 0.15) is 0 Å². The summed E-state index contributed by atoms with van der Waals surface area (Å²) in [5.41, 5.74) is 7.37. The zero-order valence-corrected chi connectivity index (χ0v) is 16.7. The van der Waals surface area contributed by atoms with Gasteiger partial charge in [0.25, 0.3) is 0 Å². The Balaban J connectivity index is 1.42. The van der Waals surface area contributed by atoms with Crippen LogP contribution in [-0.4, -0.2) is 56.2 Å². The van der Waals surface area contributed by atoms with Crippen LogP contribution in [0, 0.1) is 5.92 Å². The zero-order chi connectivity index (χ0) is 17.6. The molecule has 3 N–H and O–H groups in total. The van der Waals surface area contributed by atoms with E-state index >= 15 is 0 Å². The lowest BCUT2D eigenvalue weighted by atomic mass is 10.1. The minimum Gasteiger partial charge on any atom is -0.371 e. The van der Waals surface area contributed by atoms with Crippen molar-refractivity contribution in [2.75, 3.05) is 44.2 Å². The molecule has 0 bridgehead atoms. The molecule has 2 aliphatic rings. The van der Waals surface area contributed by atoms with E-state index in [1.807, 2.05) is 0 Å². The summed E-state index contributed by atoms with van der Waals surface area (Å²) in [4.78, 5) is 9.55. The van der Waals surface area contributed by atoms with Gasteiger partial charge in [0.05, 0.1) is 0 Å². The van der Waals surface area contributed by atoms with Crippen LogP contribution < -0.4 is 16.0 Å². The second kappa shape index (κ2) is 8.90. The second-order valence-electron chi connectivity index (χ2n) is 7.11. The van der Waals surface area contributed by atoms with E-state index in [1.165, 1.54) is 31.5 Å². The minimum absolute atomic E-state index is 0.586. The maximum absolute atomic E-state index is 6.08. The number of nitrogens with one attached hydrogen (secondary N) is 1. The molecule has 1 aromatic rings. The number of halogens is 1. The first-order chi connectivity index (χ1) is 12.2. The van der Waals surface area contributed by atoms with Crippen molar-refractivity contribution in [2.24, 2.45) is 16.6 Å².